The van der Waals surface area contributed by atoms with Crippen molar-refractivity contribution in [3.8, 4) is 0 Å². The number of carbonyl (C=O) groups is 2. The Bertz CT molecular complexity index is 1290. The van der Waals surface area contributed by atoms with E-state index in [0.29, 0.717) is 19.3 Å². The van der Waals surface area contributed by atoms with Gasteiger partial charge in [0.05, 0.1) is 6.04 Å². The maximum absolute atomic E-state index is 13.8. The van der Waals surface area contributed by atoms with Gasteiger partial charge in [0.2, 0.25) is 5.91 Å². The van der Waals surface area contributed by atoms with Crippen LogP contribution in [0.1, 0.15) is 34.8 Å². The summed E-state index contributed by atoms with van der Waals surface area (Å²) in [7, 11) is 1.90. The van der Waals surface area contributed by atoms with Crippen LogP contribution >= 0.6 is 0 Å². The van der Waals surface area contributed by atoms with Gasteiger partial charge in [-0.05, 0) is 42.0 Å². The quantitative estimate of drug-likeness (QED) is 0.444. The van der Waals surface area contributed by atoms with Gasteiger partial charge in [-0.2, -0.15) is 0 Å². The third kappa shape index (κ3) is 3.98. The Morgan fingerprint density at radius 3 is 2.15 bits per heavy atom. The lowest BCUT2D eigenvalue weighted by atomic mass is 9.84. The molecule has 1 N–H and O–H groups in total. The smallest absolute Gasteiger partial charge is 0.323 e. The van der Waals surface area contributed by atoms with Gasteiger partial charge in [0.25, 0.3) is 0 Å². The molecule has 0 saturated carbocycles. The molecule has 172 valence electrons. The zero-order valence-electron chi connectivity index (χ0n) is 19.2. The molecule has 1 aromatic heterocycles. The molecule has 4 aromatic rings. The van der Waals surface area contributed by atoms with E-state index < -0.39 is 5.97 Å². The molecule has 1 amide bonds. The van der Waals surface area contributed by atoms with Gasteiger partial charge in [-0.15, -0.1) is 0 Å². The molecular formula is C29H28N2O3. The fourth-order valence-corrected chi connectivity index (χ4v) is 5.45. The van der Waals surface area contributed by atoms with Gasteiger partial charge < -0.3 is 14.6 Å². The van der Waals surface area contributed by atoms with Crippen LogP contribution in [0.3, 0.4) is 0 Å². The number of fused-ring (bicyclic) bond motifs is 3. The van der Waals surface area contributed by atoms with Crippen LogP contribution < -0.4 is 0 Å². The third-order valence-electron chi connectivity index (χ3n) is 6.98. The van der Waals surface area contributed by atoms with Gasteiger partial charge in [-0.1, -0.05) is 78.9 Å². The van der Waals surface area contributed by atoms with Crippen molar-refractivity contribution in [2.45, 2.75) is 31.8 Å². The van der Waals surface area contributed by atoms with Gasteiger partial charge in [0.1, 0.15) is 6.54 Å². The van der Waals surface area contributed by atoms with Crippen LogP contribution in [0.25, 0.3) is 10.9 Å². The highest BCUT2D eigenvalue weighted by molar-refractivity contribution is 5.89. The van der Waals surface area contributed by atoms with Crippen molar-refractivity contribution >= 4 is 22.8 Å². The first-order valence-electron chi connectivity index (χ1n) is 11.7. The predicted octanol–water partition coefficient (Wildman–Crippen LogP) is 5.08. The molecule has 5 nitrogen and oxygen atoms in total. The minimum Gasteiger partial charge on any atom is -0.480 e. The average Bonchev–Trinajstić information content (AvgIpc) is 3.17. The molecule has 0 spiro atoms. The van der Waals surface area contributed by atoms with Crippen LogP contribution in [0.2, 0.25) is 0 Å². The third-order valence-corrected chi connectivity index (χ3v) is 6.98. The lowest BCUT2D eigenvalue weighted by Crippen LogP contribution is -2.38. The molecule has 1 unspecified atom stereocenters. The highest BCUT2D eigenvalue weighted by Gasteiger charge is 2.34. The summed E-state index contributed by atoms with van der Waals surface area (Å²) in [4.78, 5) is 27.2. The van der Waals surface area contributed by atoms with Gasteiger partial charge in [-0.3, -0.25) is 9.59 Å². The van der Waals surface area contributed by atoms with E-state index >= 15 is 0 Å². The van der Waals surface area contributed by atoms with E-state index in [2.05, 4.69) is 24.3 Å². The molecule has 1 aliphatic carbocycles. The average molecular weight is 453 g/mol. The van der Waals surface area contributed by atoms with Gasteiger partial charge in [0, 0.05) is 29.6 Å². The maximum atomic E-state index is 13.8. The Labute approximate surface area is 199 Å². The highest BCUT2D eigenvalue weighted by Crippen LogP contribution is 2.37. The summed E-state index contributed by atoms with van der Waals surface area (Å²) in [5.74, 6) is -0.870. The normalized spacial score (nSPS) is 15.3. The van der Waals surface area contributed by atoms with Crippen LogP contribution in [0.4, 0.5) is 0 Å². The number of para-hydroxylation sites is 1. The van der Waals surface area contributed by atoms with Crippen molar-refractivity contribution in [1.82, 2.24) is 9.47 Å². The molecule has 1 atom stereocenters. The summed E-state index contributed by atoms with van der Waals surface area (Å²) in [6.07, 6.45) is 2.03. The molecule has 0 radical (unpaired) electrons. The van der Waals surface area contributed by atoms with Crippen LogP contribution in [0.5, 0.6) is 0 Å². The van der Waals surface area contributed by atoms with Crippen molar-refractivity contribution in [1.29, 1.82) is 0 Å². The Morgan fingerprint density at radius 1 is 0.941 bits per heavy atom. The van der Waals surface area contributed by atoms with Crippen LogP contribution in [0.15, 0.2) is 84.9 Å². The highest BCUT2D eigenvalue weighted by atomic mass is 16.4. The standard InChI is InChI=1S/C29H28N2O3/c1-30(28(20-10-4-2-5-11-20)21-12-6-3-7-13-21)29(34)22-16-17-26-24(18-22)23-14-8-9-15-25(23)31(26)19-27(32)33/h2-15,22,28H,16-19H2,1H3,(H,32,33). The fraction of sp³-hybridized carbons (Fsp3) is 0.241. The number of benzene rings is 3. The van der Waals surface area contributed by atoms with Crippen molar-refractivity contribution in [2.24, 2.45) is 5.92 Å². The molecule has 0 bridgehead atoms. The number of carbonyl (C=O) groups excluding carboxylic acids is 1. The first-order valence-corrected chi connectivity index (χ1v) is 11.7. The Hall–Kier alpha value is -3.86. The molecule has 0 saturated heterocycles. The summed E-state index contributed by atoms with van der Waals surface area (Å²) in [5, 5.41) is 10.5. The Morgan fingerprint density at radius 2 is 1.53 bits per heavy atom. The molecule has 1 heterocycles. The number of hydrogen-bond donors (Lipinski definition) is 1. The SMILES string of the molecule is CN(C(=O)C1CCc2c(c3ccccc3n2CC(=O)O)C1)C(c1ccccc1)c1ccccc1. The number of amides is 1. The van der Waals surface area contributed by atoms with Gasteiger partial charge >= 0.3 is 5.97 Å². The van der Waals surface area contributed by atoms with E-state index in [1.54, 1.807) is 0 Å². The minimum atomic E-state index is -0.852. The van der Waals surface area contributed by atoms with E-state index in [-0.39, 0.29) is 24.4 Å². The zero-order chi connectivity index (χ0) is 23.7. The number of aliphatic carboxylic acids is 1. The lowest BCUT2D eigenvalue weighted by Gasteiger charge is -2.33. The lowest BCUT2D eigenvalue weighted by molar-refractivity contribution is -0.138. The first-order chi connectivity index (χ1) is 16.5. The van der Waals surface area contributed by atoms with Crippen molar-refractivity contribution in [3.05, 3.63) is 107 Å². The van der Waals surface area contributed by atoms with E-state index in [9.17, 15) is 14.7 Å². The molecular weight excluding hydrogens is 424 g/mol. The zero-order valence-corrected chi connectivity index (χ0v) is 19.2. The van der Waals surface area contributed by atoms with Crippen LogP contribution in [-0.4, -0.2) is 33.5 Å². The molecule has 34 heavy (non-hydrogen) atoms. The molecule has 1 aliphatic rings. The molecule has 5 rings (SSSR count). The van der Waals surface area contributed by atoms with E-state index in [4.69, 9.17) is 0 Å². The van der Waals surface area contributed by atoms with Gasteiger partial charge in [0.15, 0.2) is 0 Å². The van der Waals surface area contributed by atoms with Crippen molar-refractivity contribution in [2.75, 3.05) is 7.05 Å². The Balaban J connectivity index is 1.48. The first kappa shape index (κ1) is 22.0. The van der Waals surface area contributed by atoms with Crippen LogP contribution in [0, 0.1) is 5.92 Å². The van der Waals surface area contributed by atoms with Crippen molar-refractivity contribution < 1.29 is 14.7 Å². The van der Waals surface area contributed by atoms with Crippen LogP contribution in [-0.2, 0) is 29.0 Å². The predicted molar refractivity (Wildman–Crippen MR) is 133 cm³/mol. The summed E-state index contributed by atoms with van der Waals surface area (Å²) < 4.78 is 1.91. The fourth-order valence-electron chi connectivity index (χ4n) is 5.45. The Kier molecular flexibility index (Phi) is 5.93. The van der Waals surface area contributed by atoms with E-state index in [1.807, 2.05) is 77.2 Å². The van der Waals surface area contributed by atoms with E-state index in [1.165, 1.54) is 0 Å². The number of carboxylic acid groups (broad SMARTS) is 1. The largest absolute Gasteiger partial charge is 0.480 e. The monoisotopic (exact) mass is 452 g/mol. The molecule has 3 aromatic carbocycles. The second-order valence-electron chi connectivity index (χ2n) is 9.04. The molecule has 0 aliphatic heterocycles. The number of hydrogen-bond acceptors (Lipinski definition) is 2. The summed E-state index contributed by atoms with van der Waals surface area (Å²) in [5.41, 5.74) is 5.27. The summed E-state index contributed by atoms with van der Waals surface area (Å²) in [6.45, 7) is -0.0571. The topological polar surface area (TPSA) is 62.5 Å². The van der Waals surface area contributed by atoms with Crippen molar-refractivity contribution in [3.63, 3.8) is 0 Å². The number of carboxylic acids is 1. The minimum absolute atomic E-state index is 0.0571. The molecule has 5 heteroatoms. The second kappa shape index (κ2) is 9.18. The summed E-state index contributed by atoms with van der Waals surface area (Å²) >= 11 is 0. The maximum Gasteiger partial charge on any atom is 0.323 e. The number of aromatic nitrogens is 1. The number of nitrogens with zero attached hydrogens (tertiary/aromatic N) is 2. The van der Waals surface area contributed by atoms with E-state index in [0.717, 1.165) is 33.3 Å². The second-order valence-corrected chi connectivity index (χ2v) is 9.04. The number of rotatable bonds is 6. The molecule has 0 fully saturated rings. The summed E-state index contributed by atoms with van der Waals surface area (Å²) in [6, 6.07) is 28.1. The van der Waals surface area contributed by atoms with Gasteiger partial charge in [-0.25, -0.2) is 0 Å².